The molecule has 2 aliphatic heterocycles. The van der Waals surface area contributed by atoms with Crippen LogP contribution < -0.4 is 15.5 Å². The van der Waals surface area contributed by atoms with Crippen molar-refractivity contribution in [3.8, 4) is 0 Å². The molecule has 2 N–H and O–H groups in total. The second kappa shape index (κ2) is 5.54. The van der Waals surface area contributed by atoms with Crippen LogP contribution in [0.3, 0.4) is 0 Å². The van der Waals surface area contributed by atoms with E-state index in [-0.39, 0.29) is 11.9 Å². The van der Waals surface area contributed by atoms with E-state index in [9.17, 15) is 9.00 Å². The van der Waals surface area contributed by atoms with Crippen LogP contribution in [0.4, 0.5) is 11.4 Å². The Morgan fingerprint density at radius 3 is 2.85 bits per heavy atom. The molecule has 108 valence electrons. The van der Waals surface area contributed by atoms with E-state index in [1.54, 1.807) is 0 Å². The standard InChI is InChI=1S/C14H19N3O2S/c1-2-15-13-11-4-3-10(9-12(11)16-14(13)18)17-5-7-20(19)8-6-17/h3-4,9,13,15H,2,5-8H2,1H3,(H,16,18). The summed E-state index contributed by atoms with van der Waals surface area (Å²) in [7, 11) is -0.669. The van der Waals surface area contributed by atoms with Gasteiger partial charge in [0.1, 0.15) is 6.04 Å². The average molecular weight is 293 g/mol. The maximum absolute atomic E-state index is 11.9. The van der Waals surface area contributed by atoms with E-state index in [1.165, 1.54) is 0 Å². The first-order chi connectivity index (χ1) is 9.69. The van der Waals surface area contributed by atoms with Crippen LogP contribution in [0.5, 0.6) is 0 Å². The molecule has 0 aliphatic carbocycles. The van der Waals surface area contributed by atoms with Gasteiger partial charge in [0.2, 0.25) is 5.91 Å². The molecular formula is C14H19N3O2S. The van der Waals surface area contributed by atoms with E-state index in [2.05, 4.69) is 21.6 Å². The van der Waals surface area contributed by atoms with Gasteiger partial charge in [0.05, 0.1) is 0 Å². The van der Waals surface area contributed by atoms with Gasteiger partial charge in [-0.25, -0.2) is 0 Å². The van der Waals surface area contributed by atoms with Crippen molar-refractivity contribution >= 4 is 28.1 Å². The minimum Gasteiger partial charge on any atom is -0.370 e. The fraction of sp³-hybridized carbons (Fsp3) is 0.500. The molecule has 20 heavy (non-hydrogen) atoms. The van der Waals surface area contributed by atoms with E-state index in [0.717, 1.165) is 48.1 Å². The number of amides is 1. The van der Waals surface area contributed by atoms with Crippen LogP contribution in [0.15, 0.2) is 18.2 Å². The molecule has 0 radical (unpaired) electrons. The summed E-state index contributed by atoms with van der Waals surface area (Å²) in [6, 6.07) is 5.86. The van der Waals surface area contributed by atoms with Crippen molar-refractivity contribution in [1.82, 2.24) is 5.32 Å². The van der Waals surface area contributed by atoms with Crippen molar-refractivity contribution in [1.29, 1.82) is 0 Å². The number of nitrogens with one attached hydrogen (secondary N) is 2. The molecule has 1 aromatic carbocycles. The summed E-state index contributed by atoms with van der Waals surface area (Å²) in [5.41, 5.74) is 3.00. The lowest BCUT2D eigenvalue weighted by atomic mass is 10.1. The van der Waals surface area contributed by atoms with E-state index in [0.29, 0.717) is 0 Å². The number of carbonyl (C=O) groups is 1. The largest absolute Gasteiger partial charge is 0.370 e. The minimum atomic E-state index is -0.669. The number of rotatable bonds is 3. The van der Waals surface area contributed by atoms with Gasteiger partial charge in [-0.05, 0) is 18.7 Å². The molecule has 5 nitrogen and oxygen atoms in total. The second-order valence-electron chi connectivity index (χ2n) is 5.09. The number of hydrogen-bond acceptors (Lipinski definition) is 4. The Kier molecular flexibility index (Phi) is 3.76. The highest BCUT2D eigenvalue weighted by Crippen LogP contribution is 2.34. The Balaban J connectivity index is 1.82. The van der Waals surface area contributed by atoms with Gasteiger partial charge in [-0.2, -0.15) is 0 Å². The Labute approximate surface area is 121 Å². The van der Waals surface area contributed by atoms with Crippen LogP contribution in [0.1, 0.15) is 18.5 Å². The monoisotopic (exact) mass is 293 g/mol. The number of fused-ring (bicyclic) bond motifs is 1. The molecule has 2 aliphatic rings. The molecule has 3 rings (SSSR count). The summed E-state index contributed by atoms with van der Waals surface area (Å²) in [5.74, 6) is 1.46. The molecule has 6 heteroatoms. The number of anilines is 2. The van der Waals surface area contributed by atoms with Gasteiger partial charge in [-0.1, -0.05) is 13.0 Å². The third-order valence-electron chi connectivity index (χ3n) is 3.82. The topological polar surface area (TPSA) is 61.4 Å². The van der Waals surface area contributed by atoms with Gasteiger partial charge in [0, 0.05) is 52.3 Å². The summed E-state index contributed by atoms with van der Waals surface area (Å²) in [4.78, 5) is 14.2. The third kappa shape index (κ3) is 2.45. The molecule has 1 fully saturated rings. The Bertz CT molecular complexity index is 551. The lowest BCUT2D eigenvalue weighted by molar-refractivity contribution is -0.117. The maximum atomic E-state index is 11.9. The van der Waals surface area contributed by atoms with Crippen molar-refractivity contribution in [3.05, 3.63) is 23.8 Å². The number of benzene rings is 1. The Morgan fingerprint density at radius 2 is 2.15 bits per heavy atom. The van der Waals surface area contributed by atoms with Crippen LogP contribution in [0.2, 0.25) is 0 Å². The Hall–Kier alpha value is -1.40. The fourth-order valence-electron chi connectivity index (χ4n) is 2.75. The lowest BCUT2D eigenvalue weighted by Gasteiger charge is -2.28. The Morgan fingerprint density at radius 1 is 1.40 bits per heavy atom. The highest BCUT2D eigenvalue weighted by atomic mass is 32.2. The average Bonchev–Trinajstić information content (AvgIpc) is 2.76. The van der Waals surface area contributed by atoms with E-state index < -0.39 is 10.8 Å². The molecule has 1 amide bonds. The first kappa shape index (κ1) is 13.6. The first-order valence-electron chi connectivity index (χ1n) is 6.97. The number of carbonyl (C=O) groups excluding carboxylic acids is 1. The predicted molar refractivity (Wildman–Crippen MR) is 81.6 cm³/mol. The molecular weight excluding hydrogens is 274 g/mol. The number of hydrogen-bond donors (Lipinski definition) is 2. The van der Waals surface area contributed by atoms with Crippen molar-refractivity contribution in [2.45, 2.75) is 13.0 Å². The molecule has 1 aromatic rings. The van der Waals surface area contributed by atoms with Crippen molar-refractivity contribution in [2.24, 2.45) is 0 Å². The van der Waals surface area contributed by atoms with E-state index >= 15 is 0 Å². The fourth-order valence-corrected chi connectivity index (χ4v) is 3.80. The van der Waals surface area contributed by atoms with E-state index in [1.807, 2.05) is 19.1 Å². The quantitative estimate of drug-likeness (QED) is 0.868. The van der Waals surface area contributed by atoms with E-state index in [4.69, 9.17) is 0 Å². The molecule has 1 unspecified atom stereocenters. The normalized spacial score (nSPS) is 22.8. The summed E-state index contributed by atoms with van der Waals surface area (Å²) >= 11 is 0. The number of likely N-dealkylation sites (N-methyl/N-ethyl adjacent to an activating group) is 1. The summed E-state index contributed by atoms with van der Waals surface area (Å²) in [5, 5.41) is 6.12. The zero-order chi connectivity index (χ0) is 14.1. The van der Waals surface area contributed by atoms with Crippen LogP contribution in [0, 0.1) is 0 Å². The predicted octanol–water partition coefficient (Wildman–Crippen LogP) is 0.858. The van der Waals surface area contributed by atoms with Gasteiger partial charge >= 0.3 is 0 Å². The zero-order valence-corrected chi connectivity index (χ0v) is 12.3. The molecule has 1 atom stereocenters. The molecule has 0 aromatic heterocycles. The van der Waals surface area contributed by atoms with Crippen molar-refractivity contribution in [2.75, 3.05) is 41.4 Å². The smallest absolute Gasteiger partial charge is 0.246 e. The molecule has 0 bridgehead atoms. The summed E-state index contributed by atoms with van der Waals surface area (Å²) in [6.45, 7) is 4.39. The minimum absolute atomic E-state index is 0.0127. The van der Waals surface area contributed by atoms with Crippen LogP contribution in [-0.4, -0.2) is 41.3 Å². The van der Waals surface area contributed by atoms with Gasteiger partial charge < -0.3 is 15.5 Å². The van der Waals surface area contributed by atoms with Gasteiger partial charge in [0.15, 0.2) is 0 Å². The highest BCUT2D eigenvalue weighted by Gasteiger charge is 2.30. The lowest BCUT2D eigenvalue weighted by Crippen LogP contribution is -2.37. The highest BCUT2D eigenvalue weighted by molar-refractivity contribution is 7.85. The maximum Gasteiger partial charge on any atom is 0.246 e. The van der Waals surface area contributed by atoms with Gasteiger partial charge in [-0.3, -0.25) is 9.00 Å². The van der Waals surface area contributed by atoms with Crippen molar-refractivity contribution in [3.63, 3.8) is 0 Å². The second-order valence-corrected chi connectivity index (χ2v) is 6.78. The molecule has 0 saturated carbocycles. The third-order valence-corrected chi connectivity index (χ3v) is 5.09. The first-order valence-corrected chi connectivity index (χ1v) is 8.46. The van der Waals surface area contributed by atoms with Crippen LogP contribution >= 0.6 is 0 Å². The van der Waals surface area contributed by atoms with Crippen LogP contribution in [-0.2, 0) is 15.6 Å². The molecule has 0 spiro atoms. The SMILES string of the molecule is CCNC1C(=O)Nc2cc(N3CCS(=O)CC3)ccc21. The van der Waals surface area contributed by atoms with Gasteiger partial charge in [0.25, 0.3) is 0 Å². The molecule has 2 heterocycles. The zero-order valence-electron chi connectivity index (χ0n) is 11.5. The molecule has 1 saturated heterocycles. The summed E-state index contributed by atoms with van der Waals surface area (Å²) < 4.78 is 11.4. The number of nitrogens with zero attached hydrogens (tertiary/aromatic N) is 1. The van der Waals surface area contributed by atoms with Crippen molar-refractivity contribution < 1.29 is 9.00 Å². The summed E-state index contributed by atoms with van der Waals surface area (Å²) in [6.07, 6.45) is 0. The van der Waals surface area contributed by atoms with Gasteiger partial charge in [-0.15, -0.1) is 0 Å². The van der Waals surface area contributed by atoms with Crippen LogP contribution in [0.25, 0.3) is 0 Å².